The van der Waals surface area contributed by atoms with Gasteiger partial charge in [0.2, 0.25) is 7.14 Å². The first-order valence-electron chi connectivity index (χ1n) is 5.01. The minimum Gasteiger partial charge on any atom is -1.00 e. The van der Waals surface area contributed by atoms with Crippen LogP contribution >= 0.6 is 0 Å². The fraction of sp³-hybridized carbons (Fsp3) is 0.0769. The van der Waals surface area contributed by atoms with E-state index in [4.69, 9.17) is 0 Å². The maximum absolute atomic E-state index is 12.6. The summed E-state index contributed by atoms with van der Waals surface area (Å²) in [6.45, 7) is 0. The van der Waals surface area contributed by atoms with Crippen molar-refractivity contribution >= 4 is 0 Å². The Balaban J connectivity index is 0.00000120. The first-order chi connectivity index (χ1) is 8.05. The molecule has 5 heteroatoms. The van der Waals surface area contributed by atoms with Gasteiger partial charge in [0.15, 0.2) is 0 Å². The van der Waals surface area contributed by atoms with E-state index >= 15 is 0 Å². The zero-order valence-corrected chi connectivity index (χ0v) is 12.7. The van der Waals surface area contributed by atoms with Gasteiger partial charge in [-0.25, -0.2) is 0 Å². The van der Waals surface area contributed by atoms with Crippen LogP contribution in [-0.2, 0) is 6.18 Å². The Labute approximate surface area is 123 Å². The number of hydrogen-bond acceptors (Lipinski definition) is 0. The van der Waals surface area contributed by atoms with E-state index in [0.29, 0.717) is 0 Å². The van der Waals surface area contributed by atoms with Gasteiger partial charge in [-0.1, -0.05) is 12.1 Å². The Morgan fingerprint density at radius 1 is 0.833 bits per heavy atom. The molecule has 2 aromatic rings. The fourth-order valence-electron chi connectivity index (χ4n) is 1.86. The topological polar surface area (TPSA) is 0 Å². The predicted molar refractivity (Wildman–Crippen MR) is 54.3 cm³/mol. The highest BCUT2D eigenvalue weighted by Gasteiger charge is 2.37. The summed E-state index contributed by atoms with van der Waals surface area (Å²) in [6.07, 6.45) is -4.26. The summed E-state index contributed by atoms with van der Waals surface area (Å²) in [5.74, 6) is 0. The molecule has 0 amide bonds. The standard InChI is InChI=1S/C13H7F3I.BrH/c14-13(15,16)8-5-6-12-10(7-8)9-3-1-2-4-11(9)17-12;/h1-7H;1H/q+1;/p-1. The highest BCUT2D eigenvalue weighted by Crippen LogP contribution is 2.33. The van der Waals surface area contributed by atoms with E-state index in [-0.39, 0.29) is 38.2 Å². The van der Waals surface area contributed by atoms with Crippen LogP contribution in [0.3, 0.4) is 0 Å². The molecule has 1 aliphatic heterocycles. The van der Waals surface area contributed by atoms with Crippen LogP contribution in [0.25, 0.3) is 11.1 Å². The molecule has 0 N–H and O–H groups in total. The van der Waals surface area contributed by atoms with E-state index in [9.17, 15) is 13.2 Å². The van der Waals surface area contributed by atoms with Gasteiger partial charge in [0.1, 0.15) is 0 Å². The zero-order valence-electron chi connectivity index (χ0n) is 8.93. The number of halogens is 5. The second-order valence-corrected chi connectivity index (χ2v) is 6.63. The quantitative estimate of drug-likeness (QED) is 0.359. The molecule has 0 spiro atoms. The van der Waals surface area contributed by atoms with Crippen LogP contribution in [0.1, 0.15) is 5.56 Å². The van der Waals surface area contributed by atoms with E-state index in [1.807, 2.05) is 24.3 Å². The van der Waals surface area contributed by atoms with Crippen molar-refractivity contribution in [2.24, 2.45) is 0 Å². The van der Waals surface area contributed by atoms with Crippen molar-refractivity contribution in [2.75, 3.05) is 0 Å². The fourth-order valence-corrected chi connectivity index (χ4v) is 4.73. The van der Waals surface area contributed by atoms with Crippen LogP contribution in [0.2, 0.25) is 0 Å². The van der Waals surface area contributed by atoms with Gasteiger partial charge in [0.25, 0.3) is 0 Å². The van der Waals surface area contributed by atoms with Crippen molar-refractivity contribution in [1.82, 2.24) is 0 Å². The van der Waals surface area contributed by atoms with Gasteiger partial charge in [-0.15, -0.1) is 0 Å². The van der Waals surface area contributed by atoms with E-state index < -0.39 is 11.7 Å². The molecule has 0 aromatic heterocycles. The normalized spacial score (nSPS) is 12.6. The Kier molecular flexibility index (Phi) is 3.73. The Bertz CT molecular complexity index is 593. The Hall–Kier alpha value is -0.560. The maximum atomic E-state index is 12.6. The molecular formula is C13H7BrF3I. The van der Waals surface area contributed by atoms with Gasteiger partial charge in [0.05, 0.1) is 5.56 Å². The molecule has 3 rings (SSSR count). The third-order valence-corrected chi connectivity index (χ3v) is 5.70. The minimum absolute atomic E-state index is 0. The Morgan fingerprint density at radius 2 is 1.50 bits per heavy atom. The molecule has 1 aliphatic rings. The van der Waals surface area contributed by atoms with Gasteiger partial charge >= 0.3 is 27.4 Å². The maximum Gasteiger partial charge on any atom is 0.416 e. The third kappa shape index (κ3) is 2.30. The molecule has 0 saturated heterocycles. The van der Waals surface area contributed by atoms with Crippen LogP contribution in [0, 0.1) is 7.14 Å². The lowest BCUT2D eigenvalue weighted by Gasteiger charge is -2.06. The van der Waals surface area contributed by atoms with Crippen LogP contribution in [0.5, 0.6) is 0 Å². The molecule has 0 unspecified atom stereocenters. The molecule has 0 aliphatic carbocycles. The molecule has 0 fully saturated rings. The van der Waals surface area contributed by atoms with E-state index in [2.05, 4.69) is 0 Å². The molecule has 0 saturated carbocycles. The molecular weight excluding hydrogens is 420 g/mol. The monoisotopic (exact) mass is 426 g/mol. The van der Waals surface area contributed by atoms with Crippen molar-refractivity contribution in [3.8, 4) is 11.1 Å². The number of hydrogen-bond donors (Lipinski definition) is 0. The first-order valence-corrected chi connectivity index (χ1v) is 7.17. The highest BCUT2D eigenvalue weighted by atomic mass is 127. The smallest absolute Gasteiger partial charge is 0.416 e. The molecule has 1 heterocycles. The average molecular weight is 427 g/mol. The van der Waals surface area contributed by atoms with Crippen molar-refractivity contribution in [3.63, 3.8) is 0 Å². The van der Waals surface area contributed by atoms with Gasteiger partial charge in [-0.05, 0) is 30.3 Å². The van der Waals surface area contributed by atoms with Crippen molar-refractivity contribution in [3.05, 3.63) is 55.2 Å². The van der Waals surface area contributed by atoms with Crippen LogP contribution < -0.4 is 38.2 Å². The van der Waals surface area contributed by atoms with Crippen LogP contribution in [0.4, 0.5) is 13.2 Å². The largest absolute Gasteiger partial charge is 1.00 e. The lowest BCUT2D eigenvalue weighted by atomic mass is 10.0. The predicted octanol–water partition coefficient (Wildman–Crippen LogP) is -2.18. The van der Waals surface area contributed by atoms with Gasteiger partial charge in [0, 0.05) is 11.1 Å². The van der Waals surface area contributed by atoms with Crippen molar-refractivity contribution < 1.29 is 51.4 Å². The second-order valence-electron chi connectivity index (χ2n) is 3.77. The summed E-state index contributed by atoms with van der Waals surface area (Å²) in [7, 11) is 0. The summed E-state index contributed by atoms with van der Waals surface area (Å²) < 4.78 is 40.2. The molecule has 94 valence electrons. The summed E-state index contributed by atoms with van der Waals surface area (Å²) in [4.78, 5) is 0. The lowest BCUT2D eigenvalue weighted by Crippen LogP contribution is -3.61. The summed E-state index contributed by atoms with van der Waals surface area (Å²) in [5.41, 5.74) is 1.18. The first kappa shape index (κ1) is 13.9. The van der Waals surface area contributed by atoms with Crippen molar-refractivity contribution in [1.29, 1.82) is 0 Å². The number of rotatable bonds is 0. The zero-order chi connectivity index (χ0) is 12.0. The molecule has 18 heavy (non-hydrogen) atoms. The van der Waals surface area contributed by atoms with E-state index in [0.717, 1.165) is 14.7 Å². The second kappa shape index (κ2) is 4.85. The molecule has 0 bridgehead atoms. The van der Waals surface area contributed by atoms with E-state index in [1.54, 1.807) is 6.07 Å². The highest BCUT2D eigenvalue weighted by molar-refractivity contribution is 5.65. The number of fused-ring (bicyclic) bond motifs is 3. The minimum atomic E-state index is -4.26. The summed E-state index contributed by atoms with van der Waals surface area (Å²) in [5, 5.41) is 0. The number of benzene rings is 2. The van der Waals surface area contributed by atoms with E-state index in [1.165, 1.54) is 15.7 Å². The van der Waals surface area contributed by atoms with Crippen LogP contribution in [-0.4, -0.2) is 0 Å². The lowest BCUT2D eigenvalue weighted by molar-refractivity contribution is -0.589. The molecule has 2 aromatic carbocycles. The van der Waals surface area contributed by atoms with Crippen molar-refractivity contribution in [2.45, 2.75) is 6.18 Å². The van der Waals surface area contributed by atoms with Crippen LogP contribution in [0.15, 0.2) is 42.5 Å². The SMILES string of the molecule is FC(F)(F)c1ccc2c(c1)-c1ccccc1[I+]2.[Br-]. The Morgan fingerprint density at radius 3 is 2.22 bits per heavy atom. The van der Waals surface area contributed by atoms with Gasteiger partial charge in [-0.2, -0.15) is 13.2 Å². The van der Waals surface area contributed by atoms with Gasteiger partial charge in [-0.3, -0.25) is 0 Å². The number of alkyl halides is 3. The molecule has 0 radical (unpaired) electrons. The average Bonchev–Trinajstić information content (AvgIpc) is 2.65. The molecule has 0 atom stereocenters. The van der Waals surface area contributed by atoms with Gasteiger partial charge < -0.3 is 17.0 Å². The third-order valence-electron chi connectivity index (χ3n) is 2.66. The summed E-state index contributed by atoms with van der Waals surface area (Å²) >= 11 is -0.314. The summed E-state index contributed by atoms with van der Waals surface area (Å²) in [6, 6.07) is 11.8. The molecule has 0 nitrogen and oxygen atoms in total.